The first kappa shape index (κ1) is 15.3. The van der Waals surface area contributed by atoms with Gasteiger partial charge in [0.15, 0.2) is 0 Å². The van der Waals surface area contributed by atoms with E-state index in [1.54, 1.807) is 0 Å². The maximum Gasteiger partial charge on any atom is 0.319 e. The van der Waals surface area contributed by atoms with E-state index in [1.165, 1.54) is 7.11 Å². The smallest absolute Gasteiger partial charge is 0.319 e. The van der Waals surface area contributed by atoms with Gasteiger partial charge in [-0.25, -0.2) is 0 Å². The minimum atomic E-state index is -0.145. The van der Waals surface area contributed by atoms with Crippen LogP contribution in [0.2, 0.25) is 0 Å². The summed E-state index contributed by atoms with van der Waals surface area (Å²) in [6.45, 7) is 7.18. The van der Waals surface area contributed by atoms with Crippen LogP contribution in [-0.2, 0) is 14.3 Å². The number of carbonyl (C=O) groups is 2. The molecule has 0 atom stereocenters. The van der Waals surface area contributed by atoms with Crippen LogP contribution in [0.15, 0.2) is 0 Å². The van der Waals surface area contributed by atoms with E-state index in [4.69, 9.17) is 4.74 Å². The minimum absolute atomic E-state index is 0.145. The van der Waals surface area contributed by atoms with Gasteiger partial charge in [-0.05, 0) is 31.8 Å². The lowest BCUT2D eigenvalue weighted by atomic mass is 9.96. The van der Waals surface area contributed by atoms with Crippen LogP contribution in [0.4, 0.5) is 0 Å². The molecule has 1 amide bonds. The van der Waals surface area contributed by atoms with Crippen molar-refractivity contribution in [3.05, 3.63) is 0 Å². The van der Waals surface area contributed by atoms with E-state index >= 15 is 0 Å². The summed E-state index contributed by atoms with van der Waals surface area (Å²) >= 11 is 0. The Hall–Kier alpha value is -1.14. The number of piperazine rings is 1. The molecule has 0 spiro atoms. The zero-order chi connectivity index (χ0) is 14.4. The molecular weight excluding hydrogens is 258 g/mol. The highest BCUT2D eigenvalue weighted by molar-refractivity contribution is 5.71. The van der Waals surface area contributed by atoms with E-state index in [-0.39, 0.29) is 5.97 Å². The third kappa shape index (κ3) is 4.45. The second-order valence-electron chi connectivity index (χ2n) is 5.74. The van der Waals surface area contributed by atoms with Gasteiger partial charge in [0.2, 0.25) is 6.41 Å². The lowest BCUT2D eigenvalue weighted by Gasteiger charge is -2.37. The van der Waals surface area contributed by atoms with Crippen LogP contribution >= 0.6 is 0 Å². The second kappa shape index (κ2) is 7.59. The van der Waals surface area contributed by atoms with Crippen molar-refractivity contribution in [1.29, 1.82) is 0 Å². The van der Waals surface area contributed by atoms with Crippen molar-refractivity contribution in [2.24, 2.45) is 5.92 Å². The predicted molar refractivity (Wildman–Crippen MR) is 75.3 cm³/mol. The summed E-state index contributed by atoms with van der Waals surface area (Å²) in [7, 11) is 1.44. The van der Waals surface area contributed by atoms with Gasteiger partial charge in [0.05, 0.1) is 13.7 Å². The van der Waals surface area contributed by atoms with Crippen molar-refractivity contribution < 1.29 is 14.3 Å². The zero-order valence-electron chi connectivity index (χ0n) is 12.3. The average Bonchev–Trinajstić information content (AvgIpc) is 2.50. The third-order valence-electron chi connectivity index (χ3n) is 4.36. The summed E-state index contributed by atoms with van der Waals surface area (Å²) in [6, 6.07) is 0. The molecule has 0 aliphatic carbocycles. The second-order valence-corrected chi connectivity index (χ2v) is 5.74. The van der Waals surface area contributed by atoms with Crippen molar-refractivity contribution in [3.63, 3.8) is 0 Å². The van der Waals surface area contributed by atoms with Crippen molar-refractivity contribution in [1.82, 2.24) is 14.7 Å². The van der Waals surface area contributed by atoms with Gasteiger partial charge in [0.25, 0.3) is 0 Å². The summed E-state index contributed by atoms with van der Waals surface area (Å²) < 4.78 is 4.70. The molecule has 0 aromatic carbocycles. The molecule has 2 aliphatic rings. The topological polar surface area (TPSA) is 53.1 Å². The van der Waals surface area contributed by atoms with Crippen LogP contribution in [0.3, 0.4) is 0 Å². The highest BCUT2D eigenvalue weighted by Crippen LogP contribution is 2.19. The van der Waals surface area contributed by atoms with Crippen LogP contribution in [0.25, 0.3) is 0 Å². The summed E-state index contributed by atoms with van der Waals surface area (Å²) in [5.74, 6) is 0.570. The molecule has 2 aliphatic heterocycles. The van der Waals surface area contributed by atoms with Gasteiger partial charge in [0, 0.05) is 32.7 Å². The number of rotatable bonds is 5. The van der Waals surface area contributed by atoms with Crippen molar-refractivity contribution in [2.45, 2.75) is 12.8 Å². The summed E-state index contributed by atoms with van der Waals surface area (Å²) in [5.41, 5.74) is 0. The van der Waals surface area contributed by atoms with Crippen molar-refractivity contribution in [2.75, 3.05) is 59.5 Å². The predicted octanol–water partition coefficient (Wildman–Crippen LogP) is -0.355. The molecule has 20 heavy (non-hydrogen) atoms. The molecule has 0 unspecified atom stereocenters. The Morgan fingerprint density at radius 3 is 2.30 bits per heavy atom. The lowest BCUT2D eigenvalue weighted by molar-refractivity contribution is -0.142. The van der Waals surface area contributed by atoms with Crippen molar-refractivity contribution >= 4 is 12.4 Å². The number of nitrogens with zero attached hydrogens (tertiary/aromatic N) is 3. The van der Waals surface area contributed by atoms with Gasteiger partial charge >= 0.3 is 5.97 Å². The van der Waals surface area contributed by atoms with E-state index < -0.39 is 0 Å². The largest absolute Gasteiger partial charge is 0.468 e. The van der Waals surface area contributed by atoms with Gasteiger partial charge in [-0.1, -0.05) is 0 Å². The monoisotopic (exact) mass is 283 g/mol. The number of hydrogen-bond acceptors (Lipinski definition) is 5. The Morgan fingerprint density at radius 1 is 1.10 bits per heavy atom. The Balaban J connectivity index is 1.64. The maximum absolute atomic E-state index is 11.2. The molecular formula is C14H25N3O3. The molecule has 0 bridgehead atoms. The fourth-order valence-electron chi connectivity index (χ4n) is 2.99. The first-order valence-electron chi connectivity index (χ1n) is 7.42. The number of carbonyl (C=O) groups excluding carboxylic acids is 2. The zero-order valence-corrected chi connectivity index (χ0v) is 12.3. The summed E-state index contributed by atoms with van der Waals surface area (Å²) in [4.78, 5) is 28.4. The SMILES string of the molecule is COC(=O)CN1CCC(CN2CCN(C=O)CC2)CC1. The van der Waals surface area contributed by atoms with Crippen LogP contribution in [0.1, 0.15) is 12.8 Å². The Bertz CT molecular complexity index is 322. The first-order valence-corrected chi connectivity index (χ1v) is 7.42. The molecule has 6 nitrogen and oxygen atoms in total. The fraction of sp³-hybridized carbons (Fsp3) is 0.857. The molecule has 0 radical (unpaired) electrons. The van der Waals surface area contributed by atoms with Gasteiger partial charge in [-0.15, -0.1) is 0 Å². The van der Waals surface area contributed by atoms with Crippen LogP contribution in [-0.4, -0.2) is 86.5 Å². The van der Waals surface area contributed by atoms with Crippen LogP contribution < -0.4 is 0 Å². The Kier molecular flexibility index (Phi) is 5.79. The van der Waals surface area contributed by atoms with Crippen LogP contribution in [0, 0.1) is 5.92 Å². The molecule has 2 saturated heterocycles. The number of esters is 1. The first-order chi connectivity index (χ1) is 9.71. The molecule has 0 aromatic rings. The Labute approximate surface area is 120 Å². The fourth-order valence-corrected chi connectivity index (χ4v) is 2.99. The number of amides is 1. The number of piperidine rings is 1. The van der Waals surface area contributed by atoms with E-state index in [1.807, 2.05) is 4.90 Å². The molecule has 0 saturated carbocycles. The number of likely N-dealkylation sites (tertiary alicyclic amines) is 1. The lowest BCUT2D eigenvalue weighted by Crippen LogP contribution is -2.48. The molecule has 2 fully saturated rings. The molecule has 114 valence electrons. The van der Waals surface area contributed by atoms with Crippen LogP contribution in [0.5, 0.6) is 0 Å². The average molecular weight is 283 g/mol. The third-order valence-corrected chi connectivity index (χ3v) is 4.36. The van der Waals surface area contributed by atoms with Gasteiger partial charge < -0.3 is 9.64 Å². The Morgan fingerprint density at radius 2 is 1.75 bits per heavy atom. The van der Waals surface area contributed by atoms with E-state index in [0.717, 1.165) is 65.1 Å². The molecule has 2 heterocycles. The number of methoxy groups -OCH3 is 1. The summed E-state index contributed by atoms with van der Waals surface area (Å²) in [6.07, 6.45) is 3.23. The highest BCUT2D eigenvalue weighted by atomic mass is 16.5. The molecule has 6 heteroatoms. The van der Waals surface area contributed by atoms with Crippen molar-refractivity contribution in [3.8, 4) is 0 Å². The molecule has 0 N–H and O–H groups in total. The highest BCUT2D eigenvalue weighted by Gasteiger charge is 2.24. The van der Waals surface area contributed by atoms with Gasteiger partial charge in [-0.2, -0.15) is 0 Å². The number of ether oxygens (including phenoxy) is 1. The standard InChI is InChI=1S/C14H25N3O3/c1-20-14(19)11-15-4-2-13(3-5-15)10-16-6-8-17(12-18)9-7-16/h12-13H,2-11H2,1H3. The maximum atomic E-state index is 11.2. The quantitative estimate of drug-likeness (QED) is 0.510. The number of hydrogen-bond donors (Lipinski definition) is 0. The van der Waals surface area contributed by atoms with Gasteiger partial charge in [0.1, 0.15) is 0 Å². The van der Waals surface area contributed by atoms with E-state index in [9.17, 15) is 9.59 Å². The minimum Gasteiger partial charge on any atom is -0.468 e. The summed E-state index contributed by atoms with van der Waals surface area (Å²) in [5, 5.41) is 0. The molecule has 2 rings (SSSR count). The van der Waals surface area contributed by atoms with Gasteiger partial charge in [-0.3, -0.25) is 19.4 Å². The molecule has 0 aromatic heterocycles. The van der Waals surface area contributed by atoms with E-state index in [2.05, 4.69) is 9.80 Å². The normalized spacial score (nSPS) is 22.8. The van der Waals surface area contributed by atoms with E-state index in [0.29, 0.717) is 12.5 Å².